The van der Waals surface area contributed by atoms with Crippen molar-refractivity contribution in [1.29, 1.82) is 0 Å². The highest BCUT2D eigenvalue weighted by molar-refractivity contribution is 7.22. The highest BCUT2D eigenvalue weighted by Gasteiger charge is 2.19. The zero-order valence-corrected chi connectivity index (χ0v) is 14.5. The number of thiazole rings is 1. The molecule has 0 radical (unpaired) electrons. The molecule has 3 aromatic rings. The molecule has 1 saturated heterocycles. The van der Waals surface area contributed by atoms with Crippen LogP contribution in [0.2, 0.25) is 0 Å². The maximum atomic E-state index is 12.4. The van der Waals surface area contributed by atoms with Crippen LogP contribution in [-0.2, 0) is 0 Å². The van der Waals surface area contributed by atoms with Crippen LogP contribution in [0.25, 0.3) is 10.2 Å². The van der Waals surface area contributed by atoms with Gasteiger partial charge in [-0.2, -0.15) is 0 Å². The van der Waals surface area contributed by atoms with Gasteiger partial charge in [-0.1, -0.05) is 16.6 Å². The number of hydrogen-bond donors (Lipinski definition) is 2. The Morgan fingerprint density at radius 1 is 1.40 bits per heavy atom. The number of nitrogens with zero attached hydrogens (tertiary/aromatic N) is 4. The van der Waals surface area contributed by atoms with Gasteiger partial charge >= 0.3 is 0 Å². The number of carbonyl (C=O) groups excluding carboxylic acids is 1. The fourth-order valence-electron chi connectivity index (χ4n) is 2.88. The number of nitrogens with one attached hydrogen (secondary N) is 2. The third-order valence-corrected chi connectivity index (χ3v) is 5.18. The number of hydrogen-bond acceptors (Lipinski definition) is 7. The van der Waals surface area contributed by atoms with Gasteiger partial charge < -0.3 is 10.1 Å². The number of fused-ring (bicyclic) bond motifs is 1. The molecule has 1 aliphatic heterocycles. The molecular weight excluding hydrogens is 340 g/mol. The van der Waals surface area contributed by atoms with E-state index in [1.807, 2.05) is 18.2 Å². The van der Waals surface area contributed by atoms with Crippen LogP contribution in [0.15, 0.2) is 24.4 Å². The molecule has 0 saturated carbocycles. The van der Waals surface area contributed by atoms with E-state index in [9.17, 15) is 4.79 Å². The third kappa shape index (κ3) is 3.33. The number of anilines is 1. The number of benzene rings is 1. The summed E-state index contributed by atoms with van der Waals surface area (Å²) in [5.74, 6) is 0.463. The van der Waals surface area contributed by atoms with Gasteiger partial charge in [-0.15, -0.1) is 5.10 Å². The van der Waals surface area contributed by atoms with E-state index in [2.05, 4.69) is 25.9 Å². The Labute approximate surface area is 148 Å². The number of aromatic nitrogens is 4. The van der Waals surface area contributed by atoms with Crippen molar-refractivity contribution in [3.8, 4) is 5.75 Å². The van der Waals surface area contributed by atoms with Crippen LogP contribution in [0.5, 0.6) is 5.75 Å². The molecule has 8 nitrogen and oxygen atoms in total. The molecule has 1 aromatic carbocycles. The van der Waals surface area contributed by atoms with Crippen molar-refractivity contribution < 1.29 is 9.53 Å². The Bertz CT molecular complexity index is 899. The van der Waals surface area contributed by atoms with Gasteiger partial charge in [0.2, 0.25) is 0 Å². The standard InChI is InChI=1S/C16H18N6O2S/c1-24-11-2-3-12-14(8-11)25-16(18-12)19-15(23)13-9-22(21-20-13)10-4-6-17-7-5-10/h2-3,8-10,17H,4-7H2,1H3,(H,18,19,23). The van der Waals surface area contributed by atoms with Gasteiger partial charge in [0.1, 0.15) is 5.75 Å². The van der Waals surface area contributed by atoms with Crippen molar-refractivity contribution in [3.63, 3.8) is 0 Å². The summed E-state index contributed by atoms with van der Waals surface area (Å²) in [4.78, 5) is 16.8. The lowest BCUT2D eigenvalue weighted by molar-refractivity contribution is 0.102. The summed E-state index contributed by atoms with van der Waals surface area (Å²) in [6.07, 6.45) is 3.69. The second-order valence-electron chi connectivity index (χ2n) is 5.87. The van der Waals surface area contributed by atoms with Crippen LogP contribution < -0.4 is 15.4 Å². The highest BCUT2D eigenvalue weighted by atomic mass is 32.1. The normalized spacial score (nSPS) is 15.4. The minimum atomic E-state index is -0.300. The summed E-state index contributed by atoms with van der Waals surface area (Å²) in [7, 11) is 1.62. The molecule has 9 heteroatoms. The summed E-state index contributed by atoms with van der Waals surface area (Å²) in [6.45, 7) is 1.92. The van der Waals surface area contributed by atoms with Gasteiger partial charge in [-0.25, -0.2) is 9.67 Å². The molecule has 0 spiro atoms. The number of rotatable bonds is 4. The average Bonchev–Trinajstić information content (AvgIpc) is 3.28. The lowest BCUT2D eigenvalue weighted by Crippen LogP contribution is -2.29. The van der Waals surface area contributed by atoms with Crippen LogP contribution in [0.3, 0.4) is 0 Å². The molecule has 1 amide bonds. The Hall–Kier alpha value is -2.52. The smallest absolute Gasteiger partial charge is 0.279 e. The van der Waals surface area contributed by atoms with E-state index in [0.717, 1.165) is 41.9 Å². The zero-order chi connectivity index (χ0) is 17.2. The zero-order valence-electron chi connectivity index (χ0n) is 13.7. The fraction of sp³-hybridized carbons (Fsp3) is 0.375. The Kier molecular flexibility index (Phi) is 4.33. The first-order chi connectivity index (χ1) is 12.2. The summed E-state index contributed by atoms with van der Waals surface area (Å²) >= 11 is 1.40. The molecule has 2 aromatic heterocycles. The van der Waals surface area contributed by atoms with Crippen molar-refractivity contribution in [3.05, 3.63) is 30.1 Å². The number of amides is 1. The summed E-state index contributed by atoms with van der Waals surface area (Å²) in [5.41, 5.74) is 1.12. The predicted octanol–water partition coefficient (Wildman–Crippen LogP) is 2.07. The molecule has 2 N–H and O–H groups in total. The monoisotopic (exact) mass is 358 g/mol. The summed E-state index contributed by atoms with van der Waals surface area (Å²) in [6, 6.07) is 5.91. The molecule has 0 bridgehead atoms. The van der Waals surface area contributed by atoms with Crippen molar-refractivity contribution in [2.24, 2.45) is 0 Å². The van der Waals surface area contributed by atoms with Gasteiger partial charge in [-0.3, -0.25) is 10.1 Å². The maximum Gasteiger partial charge on any atom is 0.279 e. The second kappa shape index (κ2) is 6.77. The first kappa shape index (κ1) is 16.0. The second-order valence-corrected chi connectivity index (χ2v) is 6.90. The quantitative estimate of drug-likeness (QED) is 0.741. The Morgan fingerprint density at radius 2 is 2.24 bits per heavy atom. The molecule has 1 fully saturated rings. The topological polar surface area (TPSA) is 94.0 Å². The van der Waals surface area contributed by atoms with E-state index < -0.39 is 0 Å². The molecule has 0 atom stereocenters. The van der Waals surface area contributed by atoms with Gasteiger partial charge in [0.25, 0.3) is 5.91 Å². The van der Waals surface area contributed by atoms with Crippen molar-refractivity contribution in [2.45, 2.75) is 18.9 Å². The van der Waals surface area contributed by atoms with Gasteiger partial charge in [0, 0.05) is 0 Å². The van der Waals surface area contributed by atoms with E-state index in [4.69, 9.17) is 4.74 Å². The molecule has 0 aliphatic carbocycles. The SMILES string of the molecule is COc1ccc2nc(NC(=O)c3cn(C4CCNCC4)nn3)sc2c1. The van der Waals surface area contributed by atoms with E-state index in [1.54, 1.807) is 18.0 Å². The average molecular weight is 358 g/mol. The number of piperidine rings is 1. The van der Waals surface area contributed by atoms with Crippen molar-refractivity contribution in [1.82, 2.24) is 25.3 Å². The van der Waals surface area contributed by atoms with Gasteiger partial charge in [0.05, 0.1) is 29.6 Å². The van der Waals surface area contributed by atoms with Crippen molar-refractivity contribution in [2.75, 3.05) is 25.5 Å². The molecule has 130 valence electrons. The van der Waals surface area contributed by atoms with E-state index >= 15 is 0 Å². The number of carbonyl (C=O) groups is 1. The van der Waals surface area contributed by atoms with E-state index in [-0.39, 0.29) is 5.91 Å². The van der Waals surface area contributed by atoms with Crippen molar-refractivity contribution >= 4 is 32.6 Å². The van der Waals surface area contributed by atoms with Crippen LogP contribution in [0.4, 0.5) is 5.13 Å². The largest absolute Gasteiger partial charge is 0.497 e. The maximum absolute atomic E-state index is 12.4. The number of ether oxygens (including phenoxy) is 1. The lowest BCUT2D eigenvalue weighted by atomic mass is 10.1. The lowest BCUT2D eigenvalue weighted by Gasteiger charge is -2.21. The van der Waals surface area contributed by atoms with Crippen LogP contribution in [0.1, 0.15) is 29.4 Å². The third-order valence-electron chi connectivity index (χ3n) is 4.24. The van der Waals surface area contributed by atoms with Crippen LogP contribution in [0, 0.1) is 0 Å². The molecule has 4 rings (SSSR count). The minimum absolute atomic E-state index is 0.296. The molecule has 1 aliphatic rings. The number of methoxy groups -OCH3 is 1. The molecule has 3 heterocycles. The molecule has 0 unspecified atom stereocenters. The first-order valence-corrected chi connectivity index (χ1v) is 8.93. The van der Waals surface area contributed by atoms with Crippen LogP contribution >= 0.6 is 11.3 Å². The van der Waals surface area contributed by atoms with E-state index in [0.29, 0.717) is 16.9 Å². The van der Waals surface area contributed by atoms with Gasteiger partial charge in [0.15, 0.2) is 10.8 Å². The highest BCUT2D eigenvalue weighted by Crippen LogP contribution is 2.29. The molecular formula is C16H18N6O2S. The molecule has 25 heavy (non-hydrogen) atoms. The predicted molar refractivity (Wildman–Crippen MR) is 95.3 cm³/mol. The van der Waals surface area contributed by atoms with Crippen LogP contribution in [-0.4, -0.2) is 46.1 Å². The minimum Gasteiger partial charge on any atom is -0.497 e. The summed E-state index contributed by atoms with van der Waals surface area (Å²) < 4.78 is 7.95. The summed E-state index contributed by atoms with van der Waals surface area (Å²) in [5, 5.41) is 14.8. The fourth-order valence-corrected chi connectivity index (χ4v) is 3.77. The first-order valence-electron chi connectivity index (χ1n) is 8.11. The Morgan fingerprint density at radius 3 is 3.04 bits per heavy atom. The Balaban J connectivity index is 1.49. The van der Waals surface area contributed by atoms with Gasteiger partial charge in [-0.05, 0) is 44.1 Å². The van der Waals surface area contributed by atoms with E-state index in [1.165, 1.54) is 11.3 Å².